The summed E-state index contributed by atoms with van der Waals surface area (Å²) in [6.45, 7) is 6.89. The molecule has 1 aromatic rings. The van der Waals surface area contributed by atoms with E-state index in [0.717, 1.165) is 5.56 Å². The lowest BCUT2D eigenvalue weighted by molar-refractivity contribution is -0.141. The fourth-order valence-corrected chi connectivity index (χ4v) is 3.04. The summed E-state index contributed by atoms with van der Waals surface area (Å²) in [7, 11) is 1.34. The topological polar surface area (TPSA) is 106 Å². The number of alkyl carbamates (subject to hydrolysis) is 2. The highest BCUT2D eigenvalue weighted by Crippen LogP contribution is 2.23. The molecule has 9 heteroatoms. The first kappa shape index (κ1) is 23.5. The van der Waals surface area contributed by atoms with E-state index in [1.54, 1.807) is 20.8 Å². The molecular formula is C21H31N3O6. The van der Waals surface area contributed by atoms with Gasteiger partial charge in [-0.25, -0.2) is 9.59 Å². The summed E-state index contributed by atoms with van der Waals surface area (Å²) >= 11 is 0. The van der Waals surface area contributed by atoms with Crippen LogP contribution in [0.25, 0.3) is 0 Å². The lowest BCUT2D eigenvalue weighted by Crippen LogP contribution is -2.66. The molecule has 2 amide bonds. The number of methoxy groups -OCH3 is 1. The van der Waals surface area contributed by atoms with Crippen LogP contribution in [0.4, 0.5) is 9.59 Å². The molecule has 2 N–H and O–H groups in total. The van der Waals surface area contributed by atoms with Crippen molar-refractivity contribution in [1.82, 2.24) is 15.5 Å². The Morgan fingerprint density at radius 2 is 1.83 bits per heavy atom. The van der Waals surface area contributed by atoms with Gasteiger partial charge in [0.1, 0.15) is 12.2 Å². The van der Waals surface area contributed by atoms with Gasteiger partial charge in [-0.3, -0.25) is 9.69 Å². The molecule has 1 aliphatic heterocycles. The summed E-state index contributed by atoms with van der Waals surface area (Å²) in [5.74, 6) is -0.366. The molecule has 0 aromatic heterocycles. The number of hydrogen-bond acceptors (Lipinski definition) is 7. The Bertz CT molecular complexity index is 719. The van der Waals surface area contributed by atoms with Crippen LogP contribution >= 0.6 is 0 Å². The van der Waals surface area contributed by atoms with Crippen LogP contribution in [0.3, 0.4) is 0 Å². The Hall–Kier alpha value is -2.81. The molecule has 1 aromatic carbocycles. The summed E-state index contributed by atoms with van der Waals surface area (Å²) in [5, 5.41) is 5.55. The van der Waals surface area contributed by atoms with Crippen molar-refractivity contribution in [3.8, 4) is 0 Å². The second-order valence-corrected chi connectivity index (χ2v) is 8.11. The fraction of sp³-hybridized carbons (Fsp3) is 0.571. The zero-order chi connectivity index (χ0) is 22.1. The van der Waals surface area contributed by atoms with Gasteiger partial charge in [0.25, 0.3) is 0 Å². The third-order valence-electron chi connectivity index (χ3n) is 4.53. The van der Waals surface area contributed by atoms with Crippen LogP contribution in [0.1, 0.15) is 32.8 Å². The molecule has 0 spiro atoms. The molecule has 30 heavy (non-hydrogen) atoms. The van der Waals surface area contributed by atoms with Gasteiger partial charge in [-0.15, -0.1) is 0 Å². The number of carbonyl (C=O) groups excluding carboxylic acids is 3. The van der Waals surface area contributed by atoms with Crippen LogP contribution in [-0.2, 0) is 25.6 Å². The minimum Gasteiger partial charge on any atom is -0.469 e. The van der Waals surface area contributed by atoms with E-state index in [9.17, 15) is 14.4 Å². The summed E-state index contributed by atoms with van der Waals surface area (Å²) in [6.07, 6.45) is -1.23. The predicted octanol–water partition coefficient (Wildman–Crippen LogP) is 2.26. The van der Waals surface area contributed by atoms with Crippen molar-refractivity contribution in [1.29, 1.82) is 0 Å². The van der Waals surface area contributed by atoms with Crippen molar-refractivity contribution in [3.05, 3.63) is 35.9 Å². The van der Waals surface area contributed by atoms with Crippen molar-refractivity contribution in [2.24, 2.45) is 5.92 Å². The zero-order valence-corrected chi connectivity index (χ0v) is 18.0. The predicted molar refractivity (Wildman–Crippen MR) is 109 cm³/mol. The second-order valence-electron chi connectivity index (χ2n) is 8.11. The van der Waals surface area contributed by atoms with Crippen LogP contribution in [0.5, 0.6) is 0 Å². The van der Waals surface area contributed by atoms with E-state index in [1.807, 2.05) is 35.2 Å². The second kappa shape index (κ2) is 10.8. The highest BCUT2D eigenvalue weighted by Gasteiger charge is 2.40. The molecule has 0 radical (unpaired) electrons. The number of nitrogens with zero attached hydrogens (tertiary/aromatic N) is 1. The molecule has 0 saturated carbocycles. The molecule has 0 bridgehead atoms. The number of amides is 2. The Kier molecular flexibility index (Phi) is 8.46. The summed E-state index contributed by atoms with van der Waals surface area (Å²) in [5.41, 5.74) is 0.293. The summed E-state index contributed by atoms with van der Waals surface area (Å²) < 4.78 is 15.2. The quantitative estimate of drug-likeness (QED) is 0.490. The number of hydrogen-bond donors (Lipinski definition) is 2. The number of ether oxygens (including phenoxy) is 3. The van der Waals surface area contributed by atoms with E-state index in [1.165, 1.54) is 7.11 Å². The first-order valence-corrected chi connectivity index (χ1v) is 9.93. The SMILES string of the molecule is COC(=O)CCN1CC(CNC(=O)OC(C)(C)C)C1NC(=O)OCc1ccccc1. The molecular weight excluding hydrogens is 390 g/mol. The highest BCUT2D eigenvalue weighted by molar-refractivity contribution is 5.70. The molecule has 1 aliphatic rings. The number of esters is 1. The van der Waals surface area contributed by atoms with E-state index >= 15 is 0 Å². The van der Waals surface area contributed by atoms with Gasteiger partial charge in [-0.2, -0.15) is 0 Å². The van der Waals surface area contributed by atoms with E-state index in [2.05, 4.69) is 15.4 Å². The largest absolute Gasteiger partial charge is 0.469 e. The highest BCUT2D eigenvalue weighted by atomic mass is 16.6. The molecule has 0 aliphatic carbocycles. The number of benzene rings is 1. The lowest BCUT2D eigenvalue weighted by Gasteiger charge is -2.47. The third kappa shape index (κ3) is 7.90. The van der Waals surface area contributed by atoms with Crippen molar-refractivity contribution in [2.45, 2.75) is 45.6 Å². The molecule has 2 unspecified atom stereocenters. The normalized spacial score (nSPS) is 18.7. The maximum atomic E-state index is 12.3. The van der Waals surface area contributed by atoms with Gasteiger partial charge in [0.05, 0.1) is 19.7 Å². The first-order chi connectivity index (χ1) is 14.2. The monoisotopic (exact) mass is 421 g/mol. The van der Waals surface area contributed by atoms with Gasteiger partial charge in [0.2, 0.25) is 0 Å². The molecule has 1 heterocycles. The third-order valence-corrected chi connectivity index (χ3v) is 4.53. The van der Waals surface area contributed by atoms with Gasteiger partial charge >= 0.3 is 18.2 Å². The molecule has 2 rings (SSSR count). The van der Waals surface area contributed by atoms with Gasteiger partial charge < -0.3 is 24.8 Å². The molecule has 1 saturated heterocycles. The number of carbonyl (C=O) groups is 3. The van der Waals surface area contributed by atoms with Gasteiger partial charge in [-0.1, -0.05) is 30.3 Å². The molecule has 9 nitrogen and oxygen atoms in total. The minimum absolute atomic E-state index is 0.0422. The van der Waals surface area contributed by atoms with E-state index in [4.69, 9.17) is 9.47 Å². The van der Waals surface area contributed by atoms with Crippen molar-refractivity contribution >= 4 is 18.2 Å². The van der Waals surface area contributed by atoms with E-state index in [0.29, 0.717) is 19.6 Å². The molecule has 1 fully saturated rings. The molecule has 2 atom stereocenters. The summed E-state index contributed by atoms with van der Waals surface area (Å²) in [4.78, 5) is 37.5. The van der Waals surface area contributed by atoms with Gasteiger partial charge in [0.15, 0.2) is 0 Å². The van der Waals surface area contributed by atoms with Crippen molar-refractivity contribution in [2.75, 3.05) is 26.7 Å². The standard InChI is InChI=1S/C21H31N3O6/c1-21(2,3)30-19(26)22-12-16-13-24(11-10-17(25)28-4)18(16)23-20(27)29-14-15-8-6-5-7-9-15/h5-9,16,18H,10-14H2,1-4H3,(H,22,26)(H,23,27). The number of likely N-dealkylation sites (tertiary alicyclic amines) is 1. The Labute approximate surface area is 177 Å². The average Bonchev–Trinajstić information content (AvgIpc) is 2.68. The molecule has 166 valence electrons. The van der Waals surface area contributed by atoms with Crippen molar-refractivity contribution in [3.63, 3.8) is 0 Å². The van der Waals surface area contributed by atoms with Crippen LogP contribution in [-0.4, -0.2) is 61.6 Å². The van der Waals surface area contributed by atoms with Gasteiger partial charge in [-0.05, 0) is 26.3 Å². The Balaban J connectivity index is 1.87. The van der Waals surface area contributed by atoms with Crippen LogP contribution in [0, 0.1) is 5.92 Å². The summed E-state index contributed by atoms with van der Waals surface area (Å²) in [6, 6.07) is 9.37. The first-order valence-electron chi connectivity index (χ1n) is 9.93. The Morgan fingerprint density at radius 3 is 2.47 bits per heavy atom. The minimum atomic E-state index is -0.588. The van der Waals surface area contributed by atoms with Crippen LogP contribution in [0.2, 0.25) is 0 Å². The zero-order valence-electron chi connectivity index (χ0n) is 18.0. The average molecular weight is 421 g/mol. The fourth-order valence-electron chi connectivity index (χ4n) is 3.04. The maximum Gasteiger partial charge on any atom is 0.408 e. The van der Waals surface area contributed by atoms with Crippen LogP contribution < -0.4 is 10.6 Å². The number of nitrogens with one attached hydrogen (secondary N) is 2. The number of rotatable bonds is 8. The Morgan fingerprint density at radius 1 is 1.13 bits per heavy atom. The van der Waals surface area contributed by atoms with E-state index < -0.39 is 17.8 Å². The van der Waals surface area contributed by atoms with Crippen molar-refractivity contribution < 1.29 is 28.6 Å². The maximum absolute atomic E-state index is 12.3. The van der Waals surface area contributed by atoms with Crippen LogP contribution in [0.15, 0.2) is 30.3 Å². The van der Waals surface area contributed by atoms with E-state index in [-0.39, 0.29) is 31.1 Å². The van der Waals surface area contributed by atoms with Gasteiger partial charge in [0, 0.05) is 25.6 Å². The smallest absolute Gasteiger partial charge is 0.408 e. The lowest BCUT2D eigenvalue weighted by atomic mass is 9.94.